The van der Waals surface area contributed by atoms with E-state index in [2.05, 4.69) is 253 Å². The Morgan fingerprint density at radius 1 is 0.222 bits per heavy atom. The van der Waals surface area contributed by atoms with Gasteiger partial charge in [-0.15, -0.1) is 0 Å². The van der Waals surface area contributed by atoms with E-state index in [0.29, 0.717) is 0 Å². The highest BCUT2D eigenvalue weighted by Gasteiger charge is 2.15. The van der Waals surface area contributed by atoms with Crippen LogP contribution < -0.4 is 0 Å². The molecule has 296 valence electrons. The third-order valence-corrected chi connectivity index (χ3v) is 12.8. The fourth-order valence-corrected chi connectivity index (χ4v) is 9.67. The van der Waals surface area contributed by atoms with Crippen molar-refractivity contribution in [1.82, 2.24) is 9.13 Å². The van der Waals surface area contributed by atoms with Gasteiger partial charge in [0.25, 0.3) is 0 Å². The third-order valence-electron chi connectivity index (χ3n) is 12.8. The van der Waals surface area contributed by atoms with Gasteiger partial charge in [0.2, 0.25) is 0 Å². The molecule has 12 rings (SSSR count). The van der Waals surface area contributed by atoms with Gasteiger partial charge in [-0.25, -0.2) is 0 Å². The summed E-state index contributed by atoms with van der Waals surface area (Å²) in [5.74, 6) is 0. The minimum absolute atomic E-state index is 1.15. The molecule has 0 unspecified atom stereocenters. The maximum Gasteiger partial charge on any atom is 0.0541 e. The number of para-hydroxylation sites is 3. The summed E-state index contributed by atoms with van der Waals surface area (Å²) in [6.07, 6.45) is 0. The van der Waals surface area contributed by atoms with Crippen LogP contribution in [0.4, 0.5) is 0 Å². The molecule has 0 radical (unpaired) electrons. The first-order valence-corrected chi connectivity index (χ1v) is 21.7. The predicted octanol–water partition coefficient (Wildman–Crippen LogP) is 16.5. The average Bonchev–Trinajstić information content (AvgIpc) is 3.87. The fraction of sp³-hybridized carbons (Fsp3) is 0.0164. The Balaban J connectivity index is 0.821. The van der Waals surface area contributed by atoms with Gasteiger partial charge in [0.05, 0.1) is 22.1 Å². The molecule has 0 atom stereocenters. The van der Waals surface area contributed by atoms with Crippen LogP contribution in [0.2, 0.25) is 0 Å². The van der Waals surface area contributed by atoms with E-state index >= 15 is 0 Å². The van der Waals surface area contributed by atoms with E-state index in [1.54, 1.807) is 0 Å². The molecule has 2 heterocycles. The number of hydrogen-bond donors (Lipinski definition) is 0. The Hall–Kier alpha value is -8.20. The van der Waals surface area contributed by atoms with Crippen molar-refractivity contribution in [2.24, 2.45) is 0 Å². The molecule has 0 aliphatic carbocycles. The summed E-state index contributed by atoms with van der Waals surface area (Å²) >= 11 is 0. The van der Waals surface area contributed by atoms with Crippen molar-refractivity contribution >= 4 is 43.6 Å². The summed E-state index contributed by atoms with van der Waals surface area (Å²) in [6.45, 7) is 2.15. The maximum atomic E-state index is 2.40. The highest BCUT2D eigenvalue weighted by molar-refractivity contribution is 6.11. The molecule has 12 aromatic rings. The highest BCUT2D eigenvalue weighted by atomic mass is 15.0. The Kier molecular flexibility index (Phi) is 8.76. The van der Waals surface area contributed by atoms with Crippen LogP contribution in [0.25, 0.3) is 111 Å². The molecule has 63 heavy (non-hydrogen) atoms. The van der Waals surface area contributed by atoms with E-state index in [0.717, 1.165) is 11.4 Å². The quantitative estimate of drug-likeness (QED) is 0.152. The summed E-state index contributed by atoms with van der Waals surface area (Å²) in [6, 6.07) is 86.5. The van der Waals surface area contributed by atoms with E-state index in [1.807, 2.05) is 0 Å². The van der Waals surface area contributed by atoms with Gasteiger partial charge in [0.15, 0.2) is 0 Å². The predicted molar refractivity (Wildman–Crippen MR) is 267 cm³/mol. The molecule has 0 N–H and O–H groups in total. The molecule has 2 heteroatoms. The average molecular weight is 803 g/mol. The smallest absolute Gasteiger partial charge is 0.0541 e. The lowest BCUT2D eigenvalue weighted by atomic mass is 9.95. The number of aromatic nitrogens is 2. The minimum Gasteiger partial charge on any atom is -0.309 e. The molecule has 10 aromatic carbocycles. The summed E-state index contributed by atoms with van der Waals surface area (Å²) < 4.78 is 4.77. The summed E-state index contributed by atoms with van der Waals surface area (Å²) in [5.41, 5.74) is 20.5. The number of hydrogen-bond acceptors (Lipinski definition) is 0. The van der Waals surface area contributed by atoms with Crippen molar-refractivity contribution < 1.29 is 0 Å². The van der Waals surface area contributed by atoms with Crippen LogP contribution >= 0.6 is 0 Å². The molecule has 0 aliphatic heterocycles. The van der Waals surface area contributed by atoms with E-state index in [9.17, 15) is 0 Å². The minimum atomic E-state index is 1.15. The zero-order chi connectivity index (χ0) is 41.9. The van der Waals surface area contributed by atoms with E-state index in [4.69, 9.17) is 0 Å². The van der Waals surface area contributed by atoms with Crippen LogP contribution in [0.3, 0.4) is 0 Å². The summed E-state index contributed by atoms with van der Waals surface area (Å²) in [4.78, 5) is 0. The normalized spacial score (nSPS) is 11.6. The molecule has 0 saturated carbocycles. The third kappa shape index (κ3) is 6.43. The van der Waals surface area contributed by atoms with Gasteiger partial charge in [-0.2, -0.15) is 0 Å². The molecular formula is C61H42N2. The standard InChI is InChI=1S/C61H42N2/c1-41-11-8-12-46(37-41)47-13-9-14-48(38-47)49-15-10-16-50(39-49)51-31-36-61-57(40-51)56-19-4-7-22-60(56)63(61)53-34-29-45(30-35-53)43-25-23-42(24-26-43)44-27-32-52(33-28-44)62-58-20-5-2-17-54(58)55-18-3-6-21-59(55)62/h2-40H,1H3. The Bertz CT molecular complexity index is 3600. The zero-order valence-corrected chi connectivity index (χ0v) is 34.9. The topological polar surface area (TPSA) is 9.86 Å². The number of nitrogens with zero attached hydrogens (tertiary/aromatic N) is 2. The lowest BCUT2D eigenvalue weighted by Gasteiger charge is -2.11. The van der Waals surface area contributed by atoms with Crippen molar-refractivity contribution in [2.45, 2.75) is 6.92 Å². The monoisotopic (exact) mass is 802 g/mol. The van der Waals surface area contributed by atoms with Crippen molar-refractivity contribution in [3.63, 3.8) is 0 Å². The first-order valence-electron chi connectivity index (χ1n) is 21.7. The second kappa shape index (κ2) is 15.1. The Morgan fingerprint density at radius 2 is 0.540 bits per heavy atom. The van der Waals surface area contributed by atoms with Crippen molar-refractivity contribution in [3.8, 4) is 67.0 Å². The second-order valence-electron chi connectivity index (χ2n) is 16.7. The van der Waals surface area contributed by atoms with Crippen LogP contribution in [0.1, 0.15) is 5.56 Å². The summed E-state index contributed by atoms with van der Waals surface area (Å²) in [7, 11) is 0. The van der Waals surface area contributed by atoms with E-state index < -0.39 is 0 Å². The van der Waals surface area contributed by atoms with E-state index in [1.165, 1.54) is 105 Å². The lowest BCUT2D eigenvalue weighted by molar-refractivity contribution is 1.18. The molecule has 0 aliphatic rings. The molecule has 0 bridgehead atoms. The SMILES string of the molecule is Cc1cccc(-c2cccc(-c3cccc(-c4ccc5c(c4)c4ccccc4n5-c4ccc(-c5ccc(-c6ccc(-n7c8ccccc8c8ccccc87)cc6)cc5)cc4)c3)c2)c1. The van der Waals surface area contributed by atoms with Crippen LogP contribution in [0.5, 0.6) is 0 Å². The molecule has 0 fully saturated rings. The van der Waals surface area contributed by atoms with Crippen molar-refractivity contribution in [2.75, 3.05) is 0 Å². The number of rotatable bonds is 7. The number of benzene rings is 10. The fourth-order valence-electron chi connectivity index (χ4n) is 9.67. The highest BCUT2D eigenvalue weighted by Crippen LogP contribution is 2.38. The van der Waals surface area contributed by atoms with E-state index in [-0.39, 0.29) is 0 Å². The van der Waals surface area contributed by atoms with Crippen LogP contribution in [-0.2, 0) is 0 Å². The molecular weight excluding hydrogens is 761 g/mol. The number of fused-ring (bicyclic) bond motifs is 6. The van der Waals surface area contributed by atoms with Gasteiger partial charge in [0.1, 0.15) is 0 Å². The largest absolute Gasteiger partial charge is 0.309 e. The van der Waals surface area contributed by atoms with Crippen LogP contribution in [0, 0.1) is 6.92 Å². The molecule has 2 nitrogen and oxygen atoms in total. The van der Waals surface area contributed by atoms with Gasteiger partial charge in [0, 0.05) is 32.9 Å². The summed E-state index contributed by atoms with van der Waals surface area (Å²) in [5, 5.41) is 5.05. The maximum absolute atomic E-state index is 2.40. The first-order chi connectivity index (χ1) is 31.1. The molecule has 0 saturated heterocycles. The zero-order valence-electron chi connectivity index (χ0n) is 34.9. The van der Waals surface area contributed by atoms with Crippen LogP contribution in [0.15, 0.2) is 237 Å². The Labute approximate surface area is 367 Å². The number of aryl methyl sites for hydroxylation is 1. The Morgan fingerprint density at radius 3 is 0.968 bits per heavy atom. The van der Waals surface area contributed by atoms with Crippen LogP contribution in [-0.4, -0.2) is 9.13 Å². The van der Waals surface area contributed by atoms with Gasteiger partial charge >= 0.3 is 0 Å². The second-order valence-corrected chi connectivity index (χ2v) is 16.7. The van der Waals surface area contributed by atoms with Crippen molar-refractivity contribution in [1.29, 1.82) is 0 Å². The molecule has 2 aromatic heterocycles. The molecule has 0 amide bonds. The first kappa shape index (κ1) is 36.6. The lowest BCUT2D eigenvalue weighted by Crippen LogP contribution is -1.94. The van der Waals surface area contributed by atoms with Crippen molar-refractivity contribution in [3.05, 3.63) is 242 Å². The van der Waals surface area contributed by atoms with Gasteiger partial charge in [-0.3, -0.25) is 0 Å². The molecule has 0 spiro atoms. The van der Waals surface area contributed by atoms with Gasteiger partial charge in [-0.05, 0) is 129 Å². The van der Waals surface area contributed by atoms with Gasteiger partial charge < -0.3 is 9.13 Å². The van der Waals surface area contributed by atoms with Gasteiger partial charge in [-0.1, -0.05) is 175 Å².